The molecule has 14 rings (SSSR count). The fraction of sp³-hybridized carbons (Fsp3) is 0.493. The number of fused-ring (bicyclic) bond motifs is 8. The van der Waals surface area contributed by atoms with E-state index in [-0.39, 0.29) is 29.3 Å². The Morgan fingerprint density at radius 1 is 0.590 bits per heavy atom. The highest BCUT2D eigenvalue weighted by Gasteiger charge is 2.38. The topological polar surface area (TPSA) is 162 Å². The largest absolute Gasteiger partial charge is 0.478 e. The van der Waals surface area contributed by atoms with Crippen LogP contribution < -0.4 is 5.69 Å². The molecular formula is C67H78N8O8. The zero-order valence-electron chi connectivity index (χ0n) is 48.4. The van der Waals surface area contributed by atoms with Gasteiger partial charge in [0, 0.05) is 129 Å². The number of ether oxygens (including phenoxy) is 2. The molecule has 434 valence electrons. The van der Waals surface area contributed by atoms with E-state index in [4.69, 9.17) is 9.47 Å². The molecule has 1 unspecified atom stereocenters. The van der Waals surface area contributed by atoms with Crippen molar-refractivity contribution in [3.8, 4) is 22.5 Å². The zero-order valence-corrected chi connectivity index (χ0v) is 48.4. The van der Waals surface area contributed by atoms with Crippen molar-refractivity contribution in [3.05, 3.63) is 117 Å². The minimum atomic E-state index is -0.944. The molecule has 16 nitrogen and oxygen atoms in total. The molecule has 8 heterocycles. The molecule has 0 spiro atoms. The molecule has 2 N–H and O–H groups in total. The average molecular weight is 1120 g/mol. The Labute approximate surface area is 483 Å². The van der Waals surface area contributed by atoms with E-state index in [0.717, 1.165) is 136 Å². The molecule has 2 saturated carbocycles. The van der Waals surface area contributed by atoms with Crippen LogP contribution >= 0.6 is 0 Å². The van der Waals surface area contributed by atoms with Gasteiger partial charge in [-0.25, -0.2) is 19.2 Å². The summed E-state index contributed by atoms with van der Waals surface area (Å²) < 4.78 is 23.0. The number of hydrogen-bond acceptors (Lipinski definition) is 8. The van der Waals surface area contributed by atoms with E-state index in [0.29, 0.717) is 63.3 Å². The van der Waals surface area contributed by atoms with Gasteiger partial charge in [-0.15, -0.1) is 0 Å². The van der Waals surface area contributed by atoms with Gasteiger partial charge in [0.2, 0.25) is 0 Å². The number of aromatic nitrogens is 5. The number of nitrogens with zero attached hydrogens (tertiary/aromatic N) is 8. The van der Waals surface area contributed by atoms with E-state index in [1.54, 1.807) is 12.1 Å². The lowest BCUT2D eigenvalue weighted by Gasteiger charge is -2.37. The van der Waals surface area contributed by atoms with E-state index in [1.165, 1.54) is 63.5 Å². The van der Waals surface area contributed by atoms with Crippen LogP contribution in [0.4, 0.5) is 4.79 Å². The minimum absolute atomic E-state index is 0.0249. The first-order chi connectivity index (χ1) is 40.3. The molecule has 8 aromatic rings. The molecule has 1 amide bonds. The van der Waals surface area contributed by atoms with Crippen LogP contribution in [0.1, 0.15) is 147 Å². The Bertz CT molecular complexity index is 3910. The van der Waals surface area contributed by atoms with Crippen molar-refractivity contribution in [1.82, 2.24) is 37.5 Å². The van der Waals surface area contributed by atoms with E-state index < -0.39 is 17.5 Å². The Kier molecular flexibility index (Phi) is 13.9. The summed E-state index contributed by atoms with van der Waals surface area (Å²) >= 11 is 0. The summed E-state index contributed by atoms with van der Waals surface area (Å²) in [7, 11) is 0. The number of carboxylic acid groups (broad SMARTS) is 2. The second kappa shape index (κ2) is 21.5. The third kappa shape index (κ3) is 9.56. The first-order valence-corrected chi connectivity index (χ1v) is 30.9. The molecule has 83 heavy (non-hydrogen) atoms. The van der Waals surface area contributed by atoms with E-state index >= 15 is 0 Å². The summed E-state index contributed by atoms with van der Waals surface area (Å²) in [5, 5.41) is 24.3. The molecule has 16 heteroatoms. The number of rotatable bonds is 10. The van der Waals surface area contributed by atoms with Crippen LogP contribution in [-0.4, -0.2) is 130 Å². The lowest BCUT2D eigenvalue weighted by atomic mass is 9.74. The minimum Gasteiger partial charge on any atom is -0.478 e. The highest BCUT2D eigenvalue weighted by Crippen LogP contribution is 2.53. The summed E-state index contributed by atoms with van der Waals surface area (Å²) in [6, 6.07) is 24.9. The summed E-state index contributed by atoms with van der Waals surface area (Å²) in [6.07, 6.45) is 13.5. The van der Waals surface area contributed by atoms with Crippen LogP contribution in [0.25, 0.3) is 66.3 Å². The number of benzene rings is 4. The number of hydrogen-bond donors (Lipinski definition) is 2. The predicted octanol–water partition coefficient (Wildman–Crippen LogP) is 12.2. The van der Waals surface area contributed by atoms with Gasteiger partial charge in [-0.1, -0.05) is 61.7 Å². The SMILES string of the molecule is CC(C)(C)OC(=O)N1CCN(Cc2cn3c4c(cccc24)-c2c(C4CCCCC4)c4ccc(C(=O)O)cc4n2CCC3C2CCC(c3c4n(c5cc(C(=O)O)ccc35)CCCn3c(=O)n(CCN5CCOCC5)c5cccc-4c53)CC2)CC1. The van der Waals surface area contributed by atoms with Crippen molar-refractivity contribution in [1.29, 1.82) is 0 Å². The molecular weight excluding hydrogens is 1040 g/mol. The molecule has 4 aromatic heterocycles. The molecule has 2 aliphatic carbocycles. The van der Waals surface area contributed by atoms with Crippen molar-refractivity contribution >= 4 is 61.8 Å². The van der Waals surface area contributed by atoms with Crippen LogP contribution in [0.2, 0.25) is 0 Å². The number of aromatic carboxylic acids is 2. The van der Waals surface area contributed by atoms with Gasteiger partial charge in [0.25, 0.3) is 0 Å². The van der Waals surface area contributed by atoms with Crippen LogP contribution in [0, 0.1) is 5.92 Å². The molecule has 4 aromatic carbocycles. The van der Waals surface area contributed by atoms with Crippen LogP contribution in [0.15, 0.2) is 83.8 Å². The number of aryl methyl sites for hydroxylation is 3. The predicted molar refractivity (Wildman–Crippen MR) is 323 cm³/mol. The lowest BCUT2D eigenvalue weighted by Crippen LogP contribution is -2.49. The first kappa shape index (κ1) is 53.8. The Morgan fingerprint density at radius 3 is 1.86 bits per heavy atom. The summed E-state index contributed by atoms with van der Waals surface area (Å²) in [5.74, 6) is -0.959. The lowest BCUT2D eigenvalue weighted by molar-refractivity contribution is 0.0139. The number of piperazine rings is 1. The maximum absolute atomic E-state index is 14.6. The van der Waals surface area contributed by atoms with Crippen molar-refractivity contribution in [2.45, 2.75) is 148 Å². The fourth-order valence-electron chi connectivity index (χ4n) is 16.0. The second-order valence-electron chi connectivity index (χ2n) is 25.8. The number of carboxylic acids is 2. The Morgan fingerprint density at radius 2 is 1.20 bits per heavy atom. The highest BCUT2D eigenvalue weighted by molar-refractivity contribution is 6.04. The van der Waals surface area contributed by atoms with Gasteiger partial charge in [0.05, 0.1) is 52.3 Å². The Hall–Kier alpha value is -7.14. The molecule has 4 fully saturated rings. The van der Waals surface area contributed by atoms with Crippen molar-refractivity contribution in [2.75, 3.05) is 59.0 Å². The number of carbonyl (C=O) groups is 3. The van der Waals surface area contributed by atoms with E-state index in [2.05, 4.69) is 78.2 Å². The van der Waals surface area contributed by atoms with Gasteiger partial charge in [-0.3, -0.25) is 18.9 Å². The van der Waals surface area contributed by atoms with E-state index in [9.17, 15) is 29.4 Å². The normalized spacial score (nSPS) is 21.2. The number of morpholine rings is 1. The molecule has 0 radical (unpaired) electrons. The quantitative estimate of drug-likeness (QED) is 0.135. The maximum atomic E-state index is 14.6. The molecule has 0 bridgehead atoms. The van der Waals surface area contributed by atoms with Gasteiger partial charge < -0.3 is 38.3 Å². The molecule has 4 aliphatic heterocycles. The zero-order chi connectivity index (χ0) is 56.8. The third-order valence-corrected chi connectivity index (χ3v) is 19.9. The summed E-state index contributed by atoms with van der Waals surface area (Å²) in [6.45, 7) is 15.6. The van der Waals surface area contributed by atoms with Crippen molar-refractivity contribution in [2.24, 2.45) is 5.92 Å². The monoisotopic (exact) mass is 1120 g/mol. The van der Waals surface area contributed by atoms with Gasteiger partial charge in [-0.2, -0.15) is 0 Å². The fourth-order valence-corrected chi connectivity index (χ4v) is 16.0. The summed E-state index contributed by atoms with van der Waals surface area (Å²) in [4.78, 5) is 59.9. The molecule has 1 atom stereocenters. The van der Waals surface area contributed by atoms with Crippen LogP contribution in [0.5, 0.6) is 0 Å². The standard InChI is InChI=1S/C67H78N8O8/c1-67(2,3)83-66(81)70-31-28-69(29-32-70)40-47-41-75-53(24-27-72-56-39-46(64(78)79)21-23-50(56)57(43-10-5-4-6-11-43)61(72)51-13-7-12-48(47)59(51)75)42-16-18-44(19-17-42)58-49-22-20-45(63(76)77)38-55(49)71-25-9-26-74-60-52(62(58)71)14-8-15-54(60)73(65(74)80)33-30-68-34-36-82-37-35-68/h7-8,12-15,20-23,38-39,41-44,53H,4-6,9-11,16-19,24-37,40H2,1-3H3,(H,76,77)(H,78,79). The van der Waals surface area contributed by atoms with Gasteiger partial charge in [-0.05, 0) is 137 Å². The maximum Gasteiger partial charge on any atom is 0.410 e. The van der Waals surface area contributed by atoms with E-state index in [1.807, 2.05) is 46.9 Å². The number of para-hydroxylation sites is 2. The highest BCUT2D eigenvalue weighted by atomic mass is 16.6. The van der Waals surface area contributed by atoms with Gasteiger partial charge in [0.15, 0.2) is 0 Å². The van der Waals surface area contributed by atoms with Crippen molar-refractivity contribution in [3.63, 3.8) is 0 Å². The number of imidazole rings is 1. The van der Waals surface area contributed by atoms with Crippen molar-refractivity contribution < 1.29 is 34.1 Å². The molecule has 6 aliphatic rings. The smallest absolute Gasteiger partial charge is 0.410 e. The summed E-state index contributed by atoms with van der Waals surface area (Å²) in [5.41, 5.74) is 13.7. The second-order valence-corrected chi connectivity index (χ2v) is 25.8. The van der Waals surface area contributed by atoms with Gasteiger partial charge >= 0.3 is 23.7 Å². The first-order valence-electron chi connectivity index (χ1n) is 30.9. The number of carbonyl (C=O) groups excluding carboxylic acids is 1. The van der Waals surface area contributed by atoms with Gasteiger partial charge in [0.1, 0.15) is 5.60 Å². The van der Waals surface area contributed by atoms with Crippen LogP contribution in [0.3, 0.4) is 0 Å². The Balaban J connectivity index is 0.855. The number of amides is 1. The third-order valence-electron chi connectivity index (χ3n) is 19.9. The van der Waals surface area contributed by atoms with Crippen LogP contribution in [-0.2, 0) is 42.2 Å². The molecule has 2 saturated heterocycles. The average Bonchev–Trinajstić information content (AvgIpc) is 1.79.